The first-order chi connectivity index (χ1) is 13.5. The van der Waals surface area contributed by atoms with E-state index in [1.54, 1.807) is 4.90 Å². The highest BCUT2D eigenvalue weighted by molar-refractivity contribution is 9.10. The first-order valence-electron chi connectivity index (χ1n) is 9.81. The molecule has 0 atom stereocenters. The molecular formula is C22H27BrN2O3. The summed E-state index contributed by atoms with van der Waals surface area (Å²) in [4.78, 5) is 28.4. The second-order valence-corrected chi connectivity index (χ2v) is 8.37. The molecule has 0 radical (unpaired) electrons. The predicted octanol–water partition coefficient (Wildman–Crippen LogP) is 4.09. The van der Waals surface area contributed by atoms with E-state index in [1.165, 1.54) is 0 Å². The van der Waals surface area contributed by atoms with Crippen molar-refractivity contribution in [2.45, 2.75) is 26.7 Å². The van der Waals surface area contributed by atoms with Crippen molar-refractivity contribution < 1.29 is 14.3 Å². The second-order valence-electron chi connectivity index (χ2n) is 7.58. The zero-order chi connectivity index (χ0) is 20.1. The maximum absolute atomic E-state index is 12.5. The van der Waals surface area contributed by atoms with Crippen molar-refractivity contribution in [1.82, 2.24) is 9.80 Å². The monoisotopic (exact) mass is 446 g/mol. The maximum atomic E-state index is 12.5. The van der Waals surface area contributed by atoms with Crippen LogP contribution in [-0.4, -0.2) is 54.4 Å². The number of nitrogens with zero attached hydrogens (tertiary/aromatic N) is 2. The van der Waals surface area contributed by atoms with Crippen molar-refractivity contribution in [3.63, 3.8) is 0 Å². The summed E-state index contributed by atoms with van der Waals surface area (Å²) >= 11 is 3.58. The number of carbonyl (C=O) groups excluding carboxylic acids is 2. The third kappa shape index (κ3) is 5.04. The quantitative estimate of drug-likeness (QED) is 0.671. The third-order valence-electron chi connectivity index (χ3n) is 5.10. The zero-order valence-electron chi connectivity index (χ0n) is 16.5. The standard InChI is InChI=1S/C22H27BrN2O3/c1-16(2)7-10-20(26)24-11-13-25(14-12-24)21(27)15-28-19-9-8-17-5-3-4-6-18(17)22(19)23/h3-6,8-9,16H,7,10-15H2,1-2H3. The van der Waals surface area contributed by atoms with Crippen LogP contribution in [0.25, 0.3) is 10.8 Å². The number of hydrogen-bond acceptors (Lipinski definition) is 3. The van der Waals surface area contributed by atoms with E-state index >= 15 is 0 Å². The van der Waals surface area contributed by atoms with E-state index in [9.17, 15) is 9.59 Å². The fourth-order valence-electron chi connectivity index (χ4n) is 3.33. The van der Waals surface area contributed by atoms with Crippen LogP contribution >= 0.6 is 15.9 Å². The summed E-state index contributed by atoms with van der Waals surface area (Å²) in [6.07, 6.45) is 1.50. The number of amides is 2. The minimum atomic E-state index is -0.0469. The van der Waals surface area contributed by atoms with Crippen LogP contribution in [-0.2, 0) is 9.59 Å². The number of hydrogen-bond donors (Lipinski definition) is 0. The molecule has 5 nitrogen and oxygen atoms in total. The topological polar surface area (TPSA) is 49.9 Å². The van der Waals surface area contributed by atoms with E-state index in [0.717, 1.165) is 21.7 Å². The smallest absolute Gasteiger partial charge is 0.260 e. The van der Waals surface area contributed by atoms with Gasteiger partial charge in [0, 0.05) is 32.6 Å². The highest BCUT2D eigenvalue weighted by Crippen LogP contribution is 2.33. The van der Waals surface area contributed by atoms with E-state index in [4.69, 9.17) is 4.74 Å². The van der Waals surface area contributed by atoms with Gasteiger partial charge in [-0.25, -0.2) is 0 Å². The molecular weight excluding hydrogens is 420 g/mol. The van der Waals surface area contributed by atoms with Crippen molar-refractivity contribution in [3.8, 4) is 5.75 Å². The van der Waals surface area contributed by atoms with Gasteiger partial charge in [0.25, 0.3) is 5.91 Å². The van der Waals surface area contributed by atoms with E-state index in [2.05, 4.69) is 29.8 Å². The number of benzene rings is 2. The lowest BCUT2D eigenvalue weighted by molar-refractivity contribution is -0.140. The minimum absolute atomic E-state index is 0.00175. The molecule has 1 saturated heterocycles. The molecule has 0 saturated carbocycles. The van der Waals surface area contributed by atoms with E-state index in [1.807, 2.05) is 41.3 Å². The van der Waals surface area contributed by atoms with Gasteiger partial charge in [-0.3, -0.25) is 9.59 Å². The van der Waals surface area contributed by atoms with Gasteiger partial charge < -0.3 is 14.5 Å². The summed E-state index contributed by atoms with van der Waals surface area (Å²) in [7, 11) is 0. The Morgan fingerprint density at radius 2 is 1.64 bits per heavy atom. The van der Waals surface area contributed by atoms with Gasteiger partial charge in [-0.05, 0) is 45.1 Å². The second kappa shape index (κ2) is 9.41. The van der Waals surface area contributed by atoms with Gasteiger partial charge in [-0.15, -0.1) is 0 Å². The molecule has 1 heterocycles. The number of fused-ring (bicyclic) bond motifs is 1. The Morgan fingerprint density at radius 3 is 2.32 bits per heavy atom. The summed E-state index contributed by atoms with van der Waals surface area (Å²) in [6, 6.07) is 11.9. The largest absolute Gasteiger partial charge is 0.483 e. The van der Waals surface area contributed by atoms with E-state index in [0.29, 0.717) is 44.3 Å². The first-order valence-corrected chi connectivity index (χ1v) is 10.6. The van der Waals surface area contributed by atoms with Crippen LogP contribution in [0.3, 0.4) is 0 Å². The Balaban J connectivity index is 1.50. The molecule has 0 N–H and O–H groups in total. The molecule has 150 valence electrons. The van der Waals surface area contributed by atoms with Crippen molar-refractivity contribution in [2.75, 3.05) is 32.8 Å². The highest BCUT2D eigenvalue weighted by atomic mass is 79.9. The maximum Gasteiger partial charge on any atom is 0.260 e. The molecule has 0 aliphatic carbocycles. The van der Waals surface area contributed by atoms with Gasteiger partial charge in [0.2, 0.25) is 5.91 Å². The summed E-state index contributed by atoms with van der Waals surface area (Å²) < 4.78 is 6.64. The first kappa shape index (κ1) is 20.6. The molecule has 0 aromatic heterocycles. The number of rotatable bonds is 6. The van der Waals surface area contributed by atoms with Crippen molar-refractivity contribution in [3.05, 3.63) is 40.9 Å². The Labute approximate surface area is 174 Å². The lowest BCUT2D eigenvalue weighted by Crippen LogP contribution is -2.51. The van der Waals surface area contributed by atoms with Gasteiger partial charge in [0.15, 0.2) is 6.61 Å². The summed E-state index contributed by atoms with van der Waals surface area (Å²) in [6.45, 7) is 6.57. The van der Waals surface area contributed by atoms with E-state index in [-0.39, 0.29) is 18.4 Å². The summed E-state index contributed by atoms with van der Waals surface area (Å²) in [5.41, 5.74) is 0. The molecule has 2 aromatic rings. The van der Waals surface area contributed by atoms with Crippen LogP contribution in [0.2, 0.25) is 0 Å². The average molecular weight is 447 g/mol. The van der Waals surface area contributed by atoms with Crippen LogP contribution in [0.15, 0.2) is 40.9 Å². The third-order valence-corrected chi connectivity index (χ3v) is 5.92. The van der Waals surface area contributed by atoms with Crippen LogP contribution in [0, 0.1) is 5.92 Å². The fraction of sp³-hybridized carbons (Fsp3) is 0.455. The van der Waals surface area contributed by atoms with Gasteiger partial charge >= 0.3 is 0 Å². The number of halogens is 1. The van der Waals surface area contributed by atoms with Crippen LogP contribution in [0.4, 0.5) is 0 Å². The van der Waals surface area contributed by atoms with Crippen LogP contribution in [0.5, 0.6) is 5.75 Å². The Hall–Kier alpha value is -2.08. The molecule has 28 heavy (non-hydrogen) atoms. The Bertz CT molecular complexity index is 845. The van der Waals surface area contributed by atoms with Crippen molar-refractivity contribution >= 4 is 38.5 Å². The molecule has 1 aliphatic rings. The number of piperazine rings is 1. The van der Waals surface area contributed by atoms with Crippen molar-refractivity contribution in [2.24, 2.45) is 5.92 Å². The molecule has 2 aromatic carbocycles. The van der Waals surface area contributed by atoms with Crippen LogP contribution in [0.1, 0.15) is 26.7 Å². The summed E-state index contributed by atoms with van der Waals surface area (Å²) in [5.74, 6) is 1.33. The highest BCUT2D eigenvalue weighted by Gasteiger charge is 2.24. The molecule has 1 fully saturated rings. The fourth-order valence-corrected chi connectivity index (χ4v) is 3.94. The molecule has 3 rings (SSSR count). The van der Waals surface area contributed by atoms with Gasteiger partial charge in [0.1, 0.15) is 5.75 Å². The molecule has 0 bridgehead atoms. The molecule has 2 amide bonds. The number of carbonyl (C=O) groups is 2. The van der Waals surface area contributed by atoms with Gasteiger partial charge in [0.05, 0.1) is 4.47 Å². The predicted molar refractivity (Wildman–Crippen MR) is 114 cm³/mol. The molecule has 1 aliphatic heterocycles. The average Bonchev–Trinajstić information content (AvgIpc) is 2.71. The van der Waals surface area contributed by atoms with E-state index < -0.39 is 0 Å². The Morgan fingerprint density at radius 1 is 1.00 bits per heavy atom. The minimum Gasteiger partial charge on any atom is -0.483 e. The van der Waals surface area contributed by atoms with Gasteiger partial charge in [-0.2, -0.15) is 0 Å². The lowest BCUT2D eigenvalue weighted by Gasteiger charge is -2.35. The zero-order valence-corrected chi connectivity index (χ0v) is 18.1. The lowest BCUT2D eigenvalue weighted by atomic mass is 10.1. The molecule has 0 unspecified atom stereocenters. The summed E-state index contributed by atoms with van der Waals surface area (Å²) in [5, 5.41) is 2.17. The normalized spacial score (nSPS) is 14.6. The SMILES string of the molecule is CC(C)CCC(=O)N1CCN(C(=O)COc2ccc3ccccc3c2Br)CC1. The van der Waals surface area contributed by atoms with Crippen LogP contribution < -0.4 is 4.74 Å². The van der Waals surface area contributed by atoms with Crippen molar-refractivity contribution in [1.29, 1.82) is 0 Å². The Kier molecular flexibility index (Phi) is 6.94. The molecule has 6 heteroatoms. The molecule has 0 spiro atoms. The number of ether oxygens (including phenoxy) is 1. The van der Waals surface area contributed by atoms with Gasteiger partial charge in [-0.1, -0.05) is 44.2 Å².